The Bertz CT molecular complexity index is 283. The lowest BCUT2D eigenvalue weighted by Gasteiger charge is -2.32. The lowest BCUT2D eigenvalue weighted by Crippen LogP contribution is -2.46. The predicted molar refractivity (Wildman–Crippen MR) is 64.3 cm³/mol. The van der Waals surface area contributed by atoms with Crippen molar-refractivity contribution in [3.05, 3.63) is 24.4 Å². The summed E-state index contributed by atoms with van der Waals surface area (Å²) in [6.45, 7) is 5.66. The van der Waals surface area contributed by atoms with Gasteiger partial charge in [-0.15, -0.1) is 0 Å². The zero-order valence-corrected chi connectivity index (χ0v) is 9.39. The molecule has 0 saturated carbocycles. The maximum absolute atomic E-state index is 4.43. The van der Waals surface area contributed by atoms with Gasteiger partial charge in [-0.3, -0.25) is 9.89 Å². The molecule has 2 rings (SSSR count). The topological polar surface area (TPSA) is 18.8 Å². The Kier molecular flexibility index (Phi) is 3.69. The molecule has 2 aliphatic rings. The van der Waals surface area contributed by atoms with Crippen LogP contribution in [0.5, 0.6) is 0 Å². The van der Waals surface area contributed by atoms with E-state index in [1.807, 2.05) is 6.20 Å². The summed E-state index contributed by atoms with van der Waals surface area (Å²) in [6.07, 6.45) is 9.35. The van der Waals surface area contributed by atoms with Crippen molar-refractivity contribution < 1.29 is 0 Å². The molecule has 0 N–H and O–H groups in total. The molecule has 0 unspecified atom stereocenters. The fourth-order valence-electron chi connectivity index (χ4n) is 1.86. The molecule has 1 saturated heterocycles. The lowest BCUT2D eigenvalue weighted by molar-refractivity contribution is 0.170. The SMILES string of the molecule is CN1CCN(CC2=NC=CCC=C2)CC1. The van der Waals surface area contributed by atoms with E-state index in [4.69, 9.17) is 0 Å². The molecule has 0 atom stereocenters. The van der Waals surface area contributed by atoms with E-state index < -0.39 is 0 Å². The van der Waals surface area contributed by atoms with E-state index in [0.717, 1.165) is 26.1 Å². The highest BCUT2D eigenvalue weighted by Gasteiger charge is 2.14. The van der Waals surface area contributed by atoms with E-state index in [1.165, 1.54) is 18.8 Å². The van der Waals surface area contributed by atoms with Gasteiger partial charge >= 0.3 is 0 Å². The molecule has 0 radical (unpaired) electrons. The Balaban J connectivity index is 1.86. The van der Waals surface area contributed by atoms with Crippen molar-refractivity contribution >= 4 is 5.71 Å². The third-order valence-corrected chi connectivity index (χ3v) is 2.91. The van der Waals surface area contributed by atoms with Crippen LogP contribution in [0.2, 0.25) is 0 Å². The minimum atomic E-state index is 0.995. The van der Waals surface area contributed by atoms with Gasteiger partial charge in [-0.05, 0) is 19.5 Å². The number of allylic oxidation sites excluding steroid dienone is 2. The van der Waals surface area contributed by atoms with Gasteiger partial charge in [0, 0.05) is 38.9 Å². The standard InChI is InChI=1S/C12H19N3/c1-14-7-9-15(10-8-14)11-12-5-3-2-4-6-13-12/h3-6H,2,7-11H2,1H3. The van der Waals surface area contributed by atoms with E-state index in [2.05, 4.69) is 40.1 Å². The molecule has 15 heavy (non-hydrogen) atoms. The van der Waals surface area contributed by atoms with Crippen LogP contribution in [0.15, 0.2) is 29.4 Å². The molecule has 82 valence electrons. The molecule has 0 aliphatic carbocycles. The van der Waals surface area contributed by atoms with Crippen LogP contribution in [0.1, 0.15) is 6.42 Å². The molecule has 0 spiro atoms. The van der Waals surface area contributed by atoms with Crippen LogP contribution in [-0.2, 0) is 0 Å². The van der Waals surface area contributed by atoms with Crippen molar-refractivity contribution in [2.75, 3.05) is 39.8 Å². The zero-order chi connectivity index (χ0) is 10.5. The van der Waals surface area contributed by atoms with Gasteiger partial charge in [-0.25, -0.2) is 0 Å². The van der Waals surface area contributed by atoms with Crippen LogP contribution in [0.3, 0.4) is 0 Å². The molecular formula is C12H19N3. The van der Waals surface area contributed by atoms with Crippen LogP contribution >= 0.6 is 0 Å². The Morgan fingerprint density at radius 1 is 1.20 bits per heavy atom. The molecule has 2 aliphatic heterocycles. The van der Waals surface area contributed by atoms with E-state index in [9.17, 15) is 0 Å². The van der Waals surface area contributed by atoms with Crippen LogP contribution in [0.25, 0.3) is 0 Å². The summed E-state index contributed by atoms with van der Waals surface area (Å²) in [6, 6.07) is 0. The van der Waals surface area contributed by atoms with Crippen LogP contribution in [0.4, 0.5) is 0 Å². The molecular weight excluding hydrogens is 186 g/mol. The summed E-state index contributed by atoms with van der Waals surface area (Å²) in [5.41, 5.74) is 1.19. The first-order valence-electron chi connectivity index (χ1n) is 5.64. The van der Waals surface area contributed by atoms with E-state index in [-0.39, 0.29) is 0 Å². The third kappa shape index (κ3) is 3.29. The minimum absolute atomic E-state index is 0.995. The summed E-state index contributed by atoms with van der Waals surface area (Å²) in [5.74, 6) is 0. The van der Waals surface area contributed by atoms with Gasteiger partial charge in [0.2, 0.25) is 0 Å². The Morgan fingerprint density at radius 3 is 2.80 bits per heavy atom. The van der Waals surface area contributed by atoms with Crippen molar-refractivity contribution in [3.8, 4) is 0 Å². The lowest BCUT2D eigenvalue weighted by atomic mass is 10.2. The van der Waals surface area contributed by atoms with E-state index in [1.54, 1.807) is 0 Å². The fraction of sp³-hybridized carbons (Fsp3) is 0.583. The number of hydrogen-bond donors (Lipinski definition) is 0. The Labute approximate surface area is 91.8 Å². The first-order chi connectivity index (χ1) is 7.34. The predicted octanol–water partition coefficient (Wildman–Crippen LogP) is 1.15. The van der Waals surface area contributed by atoms with Crippen molar-refractivity contribution in [1.29, 1.82) is 0 Å². The van der Waals surface area contributed by atoms with E-state index >= 15 is 0 Å². The van der Waals surface area contributed by atoms with Crippen LogP contribution in [-0.4, -0.2) is 55.3 Å². The monoisotopic (exact) mass is 205 g/mol. The highest BCUT2D eigenvalue weighted by molar-refractivity contribution is 5.97. The van der Waals surface area contributed by atoms with Gasteiger partial charge in [-0.2, -0.15) is 0 Å². The Hall–Kier alpha value is -0.930. The summed E-state index contributed by atoms with van der Waals surface area (Å²) in [7, 11) is 2.18. The summed E-state index contributed by atoms with van der Waals surface area (Å²) in [5, 5.41) is 0. The minimum Gasteiger partial charge on any atom is -0.304 e. The largest absolute Gasteiger partial charge is 0.304 e. The molecule has 1 fully saturated rings. The van der Waals surface area contributed by atoms with Gasteiger partial charge in [0.15, 0.2) is 0 Å². The maximum Gasteiger partial charge on any atom is 0.0540 e. The third-order valence-electron chi connectivity index (χ3n) is 2.91. The number of piperazine rings is 1. The van der Waals surface area contributed by atoms with Crippen LogP contribution in [0, 0.1) is 0 Å². The van der Waals surface area contributed by atoms with Gasteiger partial charge in [0.25, 0.3) is 0 Å². The normalized spacial score (nSPS) is 23.9. The molecule has 3 heteroatoms. The average molecular weight is 205 g/mol. The van der Waals surface area contributed by atoms with E-state index in [0.29, 0.717) is 0 Å². The molecule has 0 aromatic carbocycles. The number of rotatable bonds is 2. The second-order valence-corrected chi connectivity index (χ2v) is 4.22. The Morgan fingerprint density at radius 2 is 2.00 bits per heavy atom. The number of hydrogen-bond acceptors (Lipinski definition) is 3. The zero-order valence-electron chi connectivity index (χ0n) is 9.39. The molecule has 0 aromatic heterocycles. The molecule has 3 nitrogen and oxygen atoms in total. The fourth-order valence-corrected chi connectivity index (χ4v) is 1.86. The maximum atomic E-state index is 4.43. The molecule has 2 heterocycles. The first-order valence-corrected chi connectivity index (χ1v) is 5.64. The van der Waals surface area contributed by atoms with Gasteiger partial charge < -0.3 is 4.90 Å². The second-order valence-electron chi connectivity index (χ2n) is 4.22. The van der Waals surface area contributed by atoms with Gasteiger partial charge in [-0.1, -0.05) is 12.2 Å². The summed E-state index contributed by atoms with van der Waals surface area (Å²) in [4.78, 5) is 9.28. The quantitative estimate of drug-likeness (QED) is 0.673. The highest BCUT2D eigenvalue weighted by Crippen LogP contribution is 2.02. The first kappa shape index (κ1) is 10.6. The van der Waals surface area contributed by atoms with Crippen molar-refractivity contribution in [2.24, 2.45) is 4.99 Å². The van der Waals surface area contributed by atoms with Crippen molar-refractivity contribution in [2.45, 2.75) is 6.42 Å². The number of likely N-dealkylation sites (N-methyl/N-ethyl adjacent to an activating group) is 1. The molecule has 0 bridgehead atoms. The smallest absolute Gasteiger partial charge is 0.0540 e. The summed E-state index contributed by atoms with van der Waals surface area (Å²) < 4.78 is 0. The second kappa shape index (κ2) is 5.24. The van der Waals surface area contributed by atoms with Gasteiger partial charge in [0.05, 0.1) is 5.71 Å². The summed E-state index contributed by atoms with van der Waals surface area (Å²) >= 11 is 0. The highest BCUT2D eigenvalue weighted by atomic mass is 15.2. The van der Waals surface area contributed by atoms with Crippen molar-refractivity contribution in [1.82, 2.24) is 9.80 Å². The molecule has 0 amide bonds. The van der Waals surface area contributed by atoms with Gasteiger partial charge in [0.1, 0.15) is 0 Å². The number of nitrogens with zero attached hydrogens (tertiary/aromatic N) is 3. The van der Waals surface area contributed by atoms with Crippen molar-refractivity contribution in [3.63, 3.8) is 0 Å². The molecule has 0 aromatic rings. The number of aliphatic imine (C=N–C) groups is 1. The van der Waals surface area contributed by atoms with Crippen LogP contribution < -0.4 is 0 Å². The average Bonchev–Trinajstić information content (AvgIpc) is 2.50.